The molecule has 0 amide bonds. The Morgan fingerprint density at radius 2 is 2.00 bits per heavy atom. The molecule has 0 aliphatic rings. The van der Waals surface area contributed by atoms with Gasteiger partial charge in [0.1, 0.15) is 11.4 Å². The number of methoxy groups -OCH3 is 1. The minimum Gasteiger partial charge on any atom is -0.496 e. The highest BCUT2D eigenvalue weighted by Gasteiger charge is 2.07. The highest BCUT2D eigenvalue weighted by molar-refractivity contribution is 6.30. The molecule has 0 N–H and O–H groups in total. The van der Waals surface area contributed by atoms with Gasteiger partial charge in [-0.25, -0.2) is 4.98 Å². The minimum absolute atomic E-state index is 0.697. The second-order valence-electron chi connectivity index (χ2n) is 4.42. The Hall–Kier alpha value is -2.00. The summed E-state index contributed by atoms with van der Waals surface area (Å²) in [6.45, 7) is 2.02. The summed E-state index contributed by atoms with van der Waals surface area (Å²) in [7, 11) is 1.68. The van der Waals surface area contributed by atoms with Crippen LogP contribution in [0.5, 0.6) is 5.75 Å². The lowest BCUT2D eigenvalue weighted by molar-refractivity contribution is 0.412. The molecule has 19 heavy (non-hydrogen) atoms. The highest BCUT2D eigenvalue weighted by atomic mass is 35.5. The first-order valence-electron chi connectivity index (χ1n) is 5.96. The third kappa shape index (κ3) is 2.17. The Morgan fingerprint density at radius 3 is 2.74 bits per heavy atom. The van der Waals surface area contributed by atoms with E-state index in [4.69, 9.17) is 16.3 Å². The van der Waals surface area contributed by atoms with E-state index in [9.17, 15) is 0 Å². The molecule has 1 aromatic carbocycles. The third-order valence-corrected chi connectivity index (χ3v) is 3.33. The van der Waals surface area contributed by atoms with Gasteiger partial charge in [-0.2, -0.15) is 0 Å². The summed E-state index contributed by atoms with van der Waals surface area (Å²) in [5.74, 6) is 0.885. The standard InChI is InChI=1S/C15H13ClN2O/c1-10-7-11(3-5-14(10)19-2)13-9-18-8-12(16)4-6-15(18)17-13/h3-9H,1-2H3. The van der Waals surface area contributed by atoms with Crippen molar-refractivity contribution in [3.05, 3.63) is 53.3 Å². The Labute approximate surface area is 116 Å². The normalized spacial score (nSPS) is 10.9. The summed E-state index contributed by atoms with van der Waals surface area (Å²) in [6, 6.07) is 9.79. The number of halogens is 1. The van der Waals surface area contributed by atoms with E-state index in [-0.39, 0.29) is 0 Å². The first kappa shape index (κ1) is 12.1. The molecule has 0 radical (unpaired) electrons. The summed E-state index contributed by atoms with van der Waals surface area (Å²) in [6.07, 6.45) is 3.83. The number of benzene rings is 1. The quantitative estimate of drug-likeness (QED) is 0.706. The van der Waals surface area contributed by atoms with Crippen molar-refractivity contribution in [1.82, 2.24) is 9.38 Å². The minimum atomic E-state index is 0.697. The molecule has 3 nitrogen and oxygen atoms in total. The van der Waals surface area contributed by atoms with Crippen LogP contribution in [-0.4, -0.2) is 16.5 Å². The van der Waals surface area contributed by atoms with Gasteiger partial charge in [-0.3, -0.25) is 0 Å². The maximum absolute atomic E-state index is 5.97. The Balaban J connectivity index is 2.11. The first-order chi connectivity index (χ1) is 9.17. The van der Waals surface area contributed by atoms with Crippen molar-refractivity contribution in [2.45, 2.75) is 6.92 Å². The number of pyridine rings is 1. The zero-order chi connectivity index (χ0) is 13.4. The van der Waals surface area contributed by atoms with Crippen molar-refractivity contribution < 1.29 is 4.74 Å². The van der Waals surface area contributed by atoms with Gasteiger partial charge in [0.2, 0.25) is 0 Å². The zero-order valence-electron chi connectivity index (χ0n) is 10.7. The molecule has 2 heterocycles. The van der Waals surface area contributed by atoms with Gasteiger partial charge in [-0.15, -0.1) is 0 Å². The van der Waals surface area contributed by atoms with Gasteiger partial charge in [0, 0.05) is 18.0 Å². The molecule has 0 spiro atoms. The van der Waals surface area contributed by atoms with E-state index in [0.717, 1.165) is 28.2 Å². The Kier molecular flexibility index (Phi) is 2.91. The number of nitrogens with zero attached hydrogens (tertiary/aromatic N) is 2. The summed E-state index contributed by atoms with van der Waals surface area (Å²) in [5.41, 5.74) is 3.97. The van der Waals surface area contributed by atoms with Crippen molar-refractivity contribution in [2.24, 2.45) is 0 Å². The molecule has 0 fully saturated rings. The van der Waals surface area contributed by atoms with Crippen LogP contribution in [0.4, 0.5) is 0 Å². The van der Waals surface area contributed by atoms with Gasteiger partial charge >= 0.3 is 0 Å². The summed E-state index contributed by atoms with van der Waals surface area (Å²) >= 11 is 5.97. The monoisotopic (exact) mass is 272 g/mol. The van der Waals surface area contributed by atoms with Gasteiger partial charge < -0.3 is 9.14 Å². The molecule has 0 atom stereocenters. The summed E-state index contributed by atoms with van der Waals surface area (Å²) in [5, 5.41) is 0.697. The van der Waals surface area contributed by atoms with Crippen LogP contribution < -0.4 is 4.74 Å². The van der Waals surface area contributed by atoms with Crippen LogP contribution in [0.25, 0.3) is 16.9 Å². The number of hydrogen-bond donors (Lipinski definition) is 0. The number of aryl methyl sites for hydroxylation is 1. The lowest BCUT2D eigenvalue weighted by Gasteiger charge is -2.05. The molecule has 0 saturated carbocycles. The topological polar surface area (TPSA) is 26.5 Å². The van der Waals surface area contributed by atoms with Crippen molar-refractivity contribution in [3.63, 3.8) is 0 Å². The van der Waals surface area contributed by atoms with Crippen LogP contribution in [0.2, 0.25) is 5.02 Å². The molecule has 0 aliphatic carbocycles. The number of fused-ring (bicyclic) bond motifs is 1. The average Bonchev–Trinajstić information content (AvgIpc) is 2.81. The van der Waals surface area contributed by atoms with Crippen LogP contribution in [0, 0.1) is 6.92 Å². The van der Waals surface area contributed by atoms with Crippen LogP contribution in [0.3, 0.4) is 0 Å². The maximum Gasteiger partial charge on any atom is 0.137 e. The van der Waals surface area contributed by atoms with Gasteiger partial charge in [-0.05, 0) is 42.8 Å². The predicted octanol–water partition coefficient (Wildman–Crippen LogP) is 3.97. The number of hydrogen-bond acceptors (Lipinski definition) is 2. The molecule has 0 saturated heterocycles. The molecule has 0 aliphatic heterocycles. The van der Waals surface area contributed by atoms with E-state index < -0.39 is 0 Å². The maximum atomic E-state index is 5.97. The largest absolute Gasteiger partial charge is 0.496 e. The molecule has 4 heteroatoms. The SMILES string of the molecule is COc1ccc(-c2cn3cc(Cl)ccc3n2)cc1C. The zero-order valence-corrected chi connectivity index (χ0v) is 11.5. The predicted molar refractivity (Wildman–Crippen MR) is 76.9 cm³/mol. The molecular weight excluding hydrogens is 260 g/mol. The molecule has 96 valence electrons. The molecule has 3 aromatic rings. The molecule has 2 aromatic heterocycles. The van der Waals surface area contributed by atoms with Gasteiger partial charge in [0.25, 0.3) is 0 Å². The van der Waals surface area contributed by atoms with Gasteiger partial charge in [0.15, 0.2) is 0 Å². The average molecular weight is 273 g/mol. The van der Waals surface area contributed by atoms with Gasteiger partial charge in [-0.1, -0.05) is 11.6 Å². The lowest BCUT2D eigenvalue weighted by Crippen LogP contribution is -1.87. The highest BCUT2D eigenvalue weighted by Crippen LogP contribution is 2.26. The van der Waals surface area contributed by atoms with Crippen molar-refractivity contribution in [2.75, 3.05) is 7.11 Å². The van der Waals surface area contributed by atoms with Crippen LogP contribution >= 0.6 is 11.6 Å². The van der Waals surface area contributed by atoms with E-state index in [1.807, 2.05) is 48.0 Å². The van der Waals surface area contributed by atoms with Crippen molar-refractivity contribution >= 4 is 17.2 Å². The number of rotatable bonds is 2. The summed E-state index contributed by atoms with van der Waals surface area (Å²) < 4.78 is 7.20. The fraction of sp³-hybridized carbons (Fsp3) is 0.133. The van der Waals surface area contributed by atoms with Crippen LogP contribution in [-0.2, 0) is 0 Å². The van der Waals surface area contributed by atoms with Crippen molar-refractivity contribution in [3.8, 4) is 17.0 Å². The second-order valence-corrected chi connectivity index (χ2v) is 4.86. The van der Waals surface area contributed by atoms with Crippen molar-refractivity contribution in [1.29, 1.82) is 0 Å². The fourth-order valence-corrected chi connectivity index (χ4v) is 2.31. The first-order valence-corrected chi connectivity index (χ1v) is 6.34. The van der Waals surface area contributed by atoms with E-state index in [0.29, 0.717) is 5.02 Å². The van der Waals surface area contributed by atoms with Crippen LogP contribution in [0.1, 0.15) is 5.56 Å². The van der Waals surface area contributed by atoms with Gasteiger partial charge in [0.05, 0.1) is 17.8 Å². The fourth-order valence-electron chi connectivity index (χ4n) is 2.14. The lowest BCUT2D eigenvalue weighted by atomic mass is 10.1. The molecular formula is C15H13ClN2O. The Bertz CT molecular complexity index is 749. The smallest absolute Gasteiger partial charge is 0.137 e. The second kappa shape index (κ2) is 4.59. The number of ether oxygens (including phenoxy) is 1. The number of aromatic nitrogens is 2. The Morgan fingerprint density at radius 1 is 1.16 bits per heavy atom. The molecule has 3 rings (SSSR count). The molecule has 0 unspecified atom stereocenters. The van der Waals surface area contributed by atoms with E-state index in [1.165, 1.54) is 0 Å². The van der Waals surface area contributed by atoms with E-state index in [1.54, 1.807) is 7.11 Å². The van der Waals surface area contributed by atoms with E-state index in [2.05, 4.69) is 11.1 Å². The summed E-state index contributed by atoms with van der Waals surface area (Å²) in [4.78, 5) is 4.58. The van der Waals surface area contributed by atoms with Crippen LogP contribution in [0.15, 0.2) is 42.7 Å². The molecule has 0 bridgehead atoms. The number of imidazole rings is 1. The third-order valence-electron chi connectivity index (χ3n) is 3.11. The van der Waals surface area contributed by atoms with E-state index >= 15 is 0 Å².